The molecule has 1 nitrogen and oxygen atoms in total. The fourth-order valence-electron chi connectivity index (χ4n) is 0.676. The van der Waals surface area contributed by atoms with Crippen molar-refractivity contribution in [2.45, 2.75) is 44.1 Å². The Morgan fingerprint density at radius 1 is 1.46 bits per heavy atom. The number of hydrogen-bond donors (Lipinski definition) is 0. The van der Waals surface area contributed by atoms with Crippen molar-refractivity contribution < 1.29 is 4.43 Å². The lowest BCUT2D eigenvalue weighted by Crippen LogP contribution is -2.43. The first-order valence-corrected chi connectivity index (χ1v) is 9.61. The van der Waals surface area contributed by atoms with E-state index in [2.05, 4.69) is 40.4 Å². The largest absolute Gasteiger partial charge is 0.404 e. The molecule has 0 radical (unpaired) electrons. The summed E-state index contributed by atoms with van der Waals surface area (Å²) in [7, 11) is -2.10. The molecule has 0 aromatic carbocycles. The summed E-state index contributed by atoms with van der Waals surface area (Å²) in [6.45, 7) is 14.8. The molecule has 4 heteroatoms. The van der Waals surface area contributed by atoms with Gasteiger partial charge in [-0.25, -0.2) is 0 Å². The highest BCUT2D eigenvalue weighted by Gasteiger charge is 2.38. The smallest absolute Gasteiger partial charge is 0.193 e. The van der Waals surface area contributed by atoms with Crippen molar-refractivity contribution in [1.29, 1.82) is 0 Å². The molecule has 0 fully saturated rings. The van der Waals surface area contributed by atoms with Crippen LogP contribution in [0.3, 0.4) is 0 Å². The lowest BCUT2D eigenvalue weighted by atomic mass is 10.2. The van der Waals surface area contributed by atoms with Gasteiger partial charge in [0.15, 0.2) is 8.32 Å². The van der Waals surface area contributed by atoms with E-state index in [1.54, 1.807) is 0 Å². The van der Waals surface area contributed by atoms with Crippen LogP contribution in [0.5, 0.6) is 0 Å². The second-order valence-electron chi connectivity index (χ2n) is 4.81. The summed E-state index contributed by atoms with van der Waals surface area (Å²) in [5.41, 5.74) is 1.94. The van der Waals surface area contributed by atoms with Crippen LogP contribution in [-0.4, -0.2) is 23.0 Å². The van der Waals surface area contributed by atoms with Gasteiger partial charge in [0.25, 0.3) is 0 Å². The maximum atomic E-state index is 6.07. The summed E-state index contributed by atoms with van der Waals surface area (Å²) in [6, 6.07) is 0. The molecule has 1 atom stereocenters. The van der Waals surface area contributed by atoms with Crippen LogP contribution in [-0.2, 0) is 4.43 Å². The van der Waals surface area contributed by atoms with Gasteiger partial charge in [-0.15, -0.1) is 12.3 Å². The maximum absolute atomic E-state index is 6.07. The molecule has 0 bridgehead atoms. The third-order valence-electron chi connectivity index (χ3n) is 2.58. The average molecular weight is 237 g/mol. The topological polar surface area (TPSA) is 9.23 Å². The standard InChI is InChI=1S/C9H21ClOSi2/c1-7-12-8(10)11-13(5,6)9(2,3)4/h7-8H,1,12H2,2-6H3. The first kappa shape index (κ1) is 13.4. The van der Waals surface area contributed by atoms with E-state index in [1.165, 1.54) is 0 Å². The van der Waals surface area contributed by atoms with Crippen LogP contribution < -0.4 is 0 Å². The van der Waals surface area contributed by atoms with E-state index < -0.39 is 17.8 Å². The highest BCUT2D eigenvalue weighted by Crippen LogP contribution is 2.37. The van der Waals surface area contributed by atoms with E-state index >= 15 is 0 Å². The van der Waals surface area contributed by atoms with Gasteiger partial charge < -0.3 is 4.43 Å². The zero-order chi connectivity index (χ0) is 10.7. The average Bonchev–Trinajstić information content (AvgIpc) is 1.83. The zero-order valence-electron chi connectivity index (χ0n) is 9.36. The predicted molar refractivity (Wildman–Crippen MR) is 66.7 cm³/mol. The fourth-order valence-corrected chi connectivity index (χ4v) is 4.61. The molecule has 0 rings (SSSR count). The van der Waals surface area contributed by atoms with Crippen molar-refractivity contribution in [3.05, 3.63) is 12.3 Å². The van der Waals surface area contributed by atoms with Gasteiger partial charge in [-0.1, -0.05) is 32.4 Å². The molecule has 78 valence electrons. The molecular weight excluding hydrogens is 216 g/mol. The Morgan fingerprint density at radius 2 is 1.92 bits per heavy atom. The Morgan fingerprint density at radius 3 is 2.23 bits per heavy atom. The normalized spacial score (nSPS) is 16.5. The van der Waals surface area contributed by atoms with Gasteiger partial charge in [-0.3, -0.25) is 0 Å². The summed E-state index contributed by atoms with van der Waals surface area (Å²) in [6.07, 6.45) is 0. The van der Waals surface area contributed by atoms with Crippen molar-refractivity contribution >= 4 is 29.4 Å². The number of rotatable bonds is 4. The molecule has 13 heavy (non-hydrogen) atoms. The minimum absolute atomic E-state index is 0.0709. The Labute approximate surface area is 90.5 Å². The van der Waals surface area contributed by atoms with Gasteiger partial charge in [0.1, 0.15) is 5.19 Å². The van der Waals surface area contributed by atoms with Gasteiger partial charge in [-0.05, 0) is 18.1 Å². The molecule has 0 aliphatic heterocycles. The zero-order valence-corrected chi connectivity index (χ0v) is 12.5. The van der Waals surface area contributed by atoms with Crippen molar-refractivity contribution in [2.75, 3.05) is 0 Å². The molecule has 0 aromatic heterocycles. The third-order valence-corrected chi connectivity index (χ3v) is 9.04. The third kappa shape index (κ3) is 4.45. The van der Waals surface area contributed by atoms with Crippen molar-refractivity contribution in [2.24, 2.45) is 0 Å². The Balaban J connectivity index is 4.24. The van der Waals surface area contributed by atoms with Crippen LogP contribution in [0.15, 0.2) is 12.3 Å². The number of alkyl halides is 1. The summed E-state index contributed by atoms with van der Waals surface area (Å²) < 4.78 is 5.94. The van der Waals surface area contributed by atoms with E-state index in [0.717, 1.165) is 0 Å². The lowest BCUT2D eigenvalue weighted by molar-refractivity contribution is 0.317. The van der Waals surface area contributed by atoms with Crippen LogP contribution in [0, 0.1) is 0 Å². The van der Waals surface area contributed by atoms with Crippen molar-refractivity contribution in [1.82, 2.24) is 0 Å². The second kappa shape index (κ2) is 4.78. The Bertz CT molecular complexity index is 175. The number of hydrogen-bond acceptors (Lipinski definition) is 1. The summed E-state index contributed by atoms with van der Waals surface area (Å²) in [4.78, 5) is 0. The van der Waals surface area contributed by atoms with Crippen molar-refractivity contribution in [3.8, 4) is 0 Å². The van der Waals surface area contributed by atoms with E-state index in [0.29, 0.717) is 0 Å². The summed E-state index contributed by atoms with van der Waals surface area (Å²) in [5, 5.41) is 0.175. The molecule has 0 N–H and O–H groups in total. The monoisotopic (exact) mass is 236 g/mol. The second-order valence-corrected chi connectivity index (χ2v) is 12.4. The molecule has 0 saturated heterocycles. The predicted octanol–water partition coefficient (Wildman–Crippen LogP) is 2.84. The van der Waals surface area contributed by atoms with Crippen LogP contribution in [0.2, 0.25) is 18.1 Å². The first-order valence-electron chi connectivity index (χ1n) is 4.63. The van der Waals surface area contributed by atoms with Crippen molar-refractivity contribution in [3.63, 3.8) is 0 Å². The first-order chi connectivity index (χ1) is 5.70. The Kier molecular flexibility index (Phi) is 4.93. The van der Waals surface area contributed by atoms with Crippen LogP contribution in [0.4, 0.5) is 0 Å². The quantitative estimate of drug-likeness (QED) is 0.539. The van der Waals surface area contributed by atoms with Gasteiger partial charge in [0.2, 0.25) is 0 Å². The van der Waals surface area contributed by atoms with E-state index in [4.69, 9.17) is 16.0 Å². The highest BCUT2D eigenvalue weighted by molar-refractivity contribution is 6.75. The summed E-state index contributed by atoms with van der Waals surface area (Å²) >= 11 is 6.07. The van der Waals surface area contributed by atoms with Gasteiger partial charge in [0, 0.05) is 0 Å². The van der Waals surface area contributed by atoms with E-state index in [1.807, 2.05) is 5.70 Å². The molecule has 0 aromatic rings. The van der Waals surface area contributed by atoms with Gasteiger partial charge in [-0.2, -0.15) is 0 Å². The molecule has 0 spiro atoms. The molecule has 0 heterocycles. The molecule has 0 amide bonds. The lowest BCUT2D eigenvalue weighted by Gasteiger charge is -2.37. The van der Waals surface area contributed by atoms with Crippen LogP contribution in [0.1, 0.15) is 20.8 Å². The summed E-state index contributed by atoms with van der Waals surface area (Å²) in [5.74, 6) is 0. The minimum atomic E-state index is -1.65. The Hall–Kier alpha value is 0.424. The number of halogens is 1. The molecular formula is C9H21ClOSi2. The van der Waals surface area contributed by atoms with Gasteiger partial charge >= 0.3 is 0 Å². The van der Waals surface area contributed by atoms with E-state index in [-0.39, 0.29) is 10.2 Å². The maximum Gasteiger partial charge on any atom is 0.193 e. The molecule has 0 saturated carbocycles. The highest BCUT2D eigenvalue weighted by atomic mass is 35.5. The van der Waals surface area contributed by atoms with Crippen LogP contribution >= 0.6 is 11.6 Å². The minimum Gasteiger partial charge on any atom is -0.404 e. The molecule has 1 unspecified atom stereocenters. The SMILES string of the molecule is C=C[SiH2]C(Cl)O[Si](C)(C)C(C)(C)C. The van der Waals surface area contributed by atoms with Gasteiger partial charge in [0.05, 0.1) is 9.52 Å². The van der Waals surface area contributed by atoms with E-state index in [9.17, 15) is 0 Å². The van der Waals surface area contributed by atoms with Crippen LogP contribution in [0.25, 0.3) is 0 Å². The molecule has 0 aliphatic rings. The fraction of sp³-hybridized carbons (Fsp3) is 0.778. The molecule has 0 aliphatic carbocycles.